The van der Waals surface area contributed by atoms with Crippen LogP contribution in [0.4, 0.5) is 5.69 Å². The Morgan fingerprint density at radius 2 is 2.10 bits per heavy atom. The zero-order valence-electron chi connectivity index (χ0n) is 13.4. The lowest BCUT2D eigenvalue weighted by molar-refractivity contribution is -0.125. The molecule has 0 spiro atoms. The Morgan fingerprint density at radius 3 is 2.71 bits per heavy atom. The molecule has 0 radical (unpaired) electrons. The molecule has 1 aliphatic rings. The summed E-state index contributed by atoms with van der Waals surface area (Å²) in [5.74, 6) is 1.20. The molecular weight excluding hydrogens is 264 g/mol. The van der Waals surface area contributed by atoms with Gasteiger partial charge in [0.25, 0.3) is 5.91 Å². The van der Waals surface area contributed by atoms with Crippen LogP contribution < -0.4 is 15.4 Å². The predicted octanol–water partition coefficient (Wildman–Crippen LogP) is 3.26. The average Bonchev–Trinajstić information content (AvgIpc) is 2.43. The van der Waals surface area contributed by atoms with Crippen LogP contribution in [0.5, 0.6) is 5.75 Å². The number of fused-ring (bicyclic) bond motifs is 1. The van der Waals surface area contributed by atoms with Gasteiger partial charge >= 0.3 is 0 Å². The topological polar surface area (TPSA) is 55.6 Å². The summed E-state index contributed by atoms with van der Waals surface area (Å²) in [5.41, 5.74) is 8.13. The standard InChI is InChI=1S/C17H26N2O2/c1-5-6-14(18)13-7-8-16-15(9-13)19(10-11(2)3)17(20)12(4)21-16/h7-9,11-12,14H,5-6,10,18H2,1-4H3. The van der Waals surface area contributed by atoms with E-state index in [1.54, 1.807) is 6.92 Å². The van der Waals surface area contributed by atoms with Crippen molar-refractivity contribution in [1.82, 2.24) is 0 Å². The molecule has 0 saturated heterocycles. The largest absolute Gasteiger partial charge is 0.479 e. The van der Waals surface area contributed by atoms with Crippen molar-refractivity contribution in [3.05, 3.63) is 23.8 Å². The van der Waals surface area contributed by atoms with Crippen LogP contribution in [0.2, 0.25) is 0 Å². The number of carbonyl (C=O) groups is 1. The number of nitrogens with zero attached hydrogens (tertiary/aromatic N) is 1. The van der Waals surface area contributed by atoms with E-state index in [2.05, 4.69) is 20.8 Å². The predicted molar refractivity (Wildman–Crippen MR) is 85.6 cm³/mol. The number of benzene rings is 1. The van der Waals surface area contributed by atoms with Gasteiger partial charge in [-0.2, -0.15) is 0 Å². The van der Waals surface area contributed by atoms with E-state index in [0.29, 0.717) is 12.5 Å². The van der Waals surface area contributed by atoms with Gasteiger partial charge in [-0.25, -0.2) is 0 Å². The van der Waals surface area contributed by atoms with Gasteiger partial charge in [-0.15, -0.1) is 0 Å². The van der Waals surface area contributed by atoms with Crippen LogP contribution in [-0.4, -0.2) is 18.6 Å². The molecule has 4 nitrogen and oxygen atoms in total. The normalized spacial score (nSPS) is 19.4. The van der Waals surface area contributed by atoms with Crippen molar-refractivity contribution in [2.45, 2.75) is 52.7 Å². The van der Waals surface area contributed by atoms with E-state index in [-0.39, 0.29) is 11.9 Å². The van der Waals surface area contributed by atoms with Crippen molar-refractivity contribution < 1.29 is 9.53 Å². The van der Waals surface area contributed by atoms with E-state index in [1.807, 2.05) is 23.1 Å². The van der Waals surface area contributed by atoms with Gasteiger partial charge in [-0.1, -0.05) is 33.3 Å². The molecule has 116 valence electrons. The van der Waals surface area contributed by atoms with Crippen molar-refractivity contribution in [2.24, 2.45) is 11.7 Å². The fourth-order valence-electron chi connectivity index (χ4n) is 2.69. The molecule has 0 aliphatic carbocycles. The third-order valence-corrected chi connectivity index (χ3v) is 3.77. The summed E-state index contributed by atoms with van der Waals surface area (Å²) >= 11 is 0. The molecule has 1 aromatic carbocycles. The zero-order valence-corrected chi connectivity index (χ0v) is 13.4. The first kappa shape index (κ1) is 15.8. The second-order valence-electron chi connectivity index (χ2n) is 6.23. The van der Waals surface area contributed by atoms with Gasteiger partial charge in [0.2, 0.25) is 0 Å². The molecule has 4 heteroatoms. The zero-order chi connectivity index (χ0) is 15.6. The summed E-state index contributed by atoms with van der Waals surface area (Å²) in [7, 11) is 0. The summed E-state index contributed by atoms with van der Waals surface area (Å²) in [5, 5.41) is 0. The number of amides is 1. The number of anilines is 1. The monoisotopic (exact) mass is 290 g/mol. The van der Waals surface area contributed by atoms with Crippen molar-refractivity contribution >= 4 is 11.6 Å². The summed E-state index contributed by atoms with van der Waals surface area (Å²) in [6, 6.07) is 5.98. The lowest BCUT2D eigenvalue weighted by Gasteiger charge is -2.34. The first-order chi connectivity index (χ1) is 9.93. The maximum Gasteiger partial charge on any atom is 0.267 e. The number of hydrogen-bond acceptors (Lipinski definition) is 3. The number of hydrogen-bond donors (Lipinski definition) is 1. The lowest BCUT2D eigenvalue weighted by Crippen LogP contribution is -2.46. The van der Waals surface area contributed by atoms with Crippen LogP contribution in [0, 0.1) is 5.92 Å². The van der Waals surface area contributed by atoms with Crippen LogP contribution >= 0.6 is 0 Å². The van der Waals surface area contributed by atoms with Crippen molar-refractivity contribution in [2.75, 3.05) is 11.4 Å². The molecule has 2 N–H and O–H groups in total. The van der Waals surface area contributed by atoms with Gasteiger partial charge in [0.05, 0.1) is 5.69 Å². The minimum Gasteiger partial charge on any atom is -0.479 e. The molecule has 2 atom stereocenters. The highest BCUT2D eigenvalue weighted by Gasteiger charge is 2.32. The molecule has 1 amide bonds. The van der Waals surface area contributed by atoms with Crippen molar-refractivity contribution in [3.63, 3.8) is 0 Å². The second-order valence-corrected chi connectivity index (χ2v) is 6.23. The smallest absolute Gasteiger partial charge is 0.267 e. The Balaban J connectivity index is 2.38. The Bertz CT molecular complexity index is 514. The Kier molecular flexibility index (Phi) is 4.88. The van der Waals surface area contributed by atoms with Gasteiger partial charge in [-0.05, 0) is 37.0 Å². The third-order valence-electron chi connectivity index (χ3n) is 3.77. The molecule has 0 bridgehead atoms. The molecule has 0 fully saturated rings. The van der Waals surface area contributed by atoms with Crippen LogP contribution in [0.25, 0.3) is 0 Å². The molecule has 1 aliphatic heterocycles. The van der Waals surface area contributed by atoms with E-state index in [0.717, 1.165) is 29.8 Å². The SMILES string of the molecule is CCCC(N)c1ccc2c(c1)N(CC(C)C)C(=O)C(C)O2. The van der Waals surface area contributed by atoms with Crippen molar-refractivity contribution in [3.8, 4) is 5.75 Å². The van der Waals surface area contributed by atoms with Crippen LogP contribution in [0.1, 0.15) is 52.1 Å². The van der Waals surface area contributed by atoms with Gasteiger partial charge in [0.1, 0.15) is 5.75 Å². The molecule has 21 heavy (non-hydrogen) atoms. The van der Waals surface area contributed by atoms with Crippen LogP contribution in [0.3, 0.4) is 0 Å². The fourth-order valence-corrected chi connectivity index (χ4v) is 2.69. The summed E-state index contributed by atoms with van der Waals surface area (Å²) < 4.78 is 5.72. The van der Waals surface area contributed by atoms with E-state index < -0.39 is 6.10 Å². The number of carbonyl (C=O) groups excluding carboxylic acids is 1. The van der Waals surface area contributed by atoms with Gasteiger partial charge in [0.15, 0.2) is 6.10 Å². The van der Waals surface area contributed by atoms with E-state index in [9.17, 15) is 4.79 Å². The van der Waals surface area contributed by atoms with Gasteiger partial charge in [-0.3, -0.25) is 4.79 Å². The summed E-state index contributed by atoms with van der Waals surface area (Å²) in [4.78, 5) is 14.2. The molecule has 2 unspecified atom stereocenters. The summed E-state index contributed by atoms with van der Waals surface area (Å²) in [6.45, 7) is 8.85. The Morgan fingerprint density at radius 1 is 1.38 bits per heavy atom. The summed E-state index contributed by atoms with van der Waals surface area (Å²) in [6.07, 6.45) is 1.56. The minimum absolute atomic E-state index is 0.00986. The molecule has 0 saturated carbocycles. The first-order valence-electron chi connectivity index (χ1n) is 7.81. The molecule has 0 aromatic heterocycles. The highest BCUT2D eigenvalue weighted by Crippen LogP contribution is 2.36. The molecular formula is C17H26N2O2. The molecule has 1 heterocycles. The highest BCUT2D eigenvalue weighted by molar-refractivity contribution is 5.99. The van der Waals surface area contributed by atoms with Gasteiger partial charge < -0.3 is 15.4 Å². The third kappa shape index (κ3) is 3.38. The minimum atomic E-state index is -0.425. The maximum atomic E-state index is 12.4. The maximum absolute atomic E-state index is 12.4. The second kappa shape index (κ2) is 6.48. The number of nitrogens with two attached hydrogens (primary N) is 1. The average molecular weight is 290 g/mol. The number of rotatable bonds is 5. The Labute approximate surface area is 127 Å². The van der Waals surface area contributed by atoms with Crippen molar-refractivity contribution in [1.29, 1.82) is 0 Å². The highest BCUT2D eigenvalue weighted by atomic mass is 16.5. The fraction of sp³-hybridized carbons (Fsp3) is 0.588. The Hall–Kier alpha value is -1.55. The first-order valence-corrected chi connectivity index (χ1v) is 7.81. The molecule has 2 rings (SSSR count). The van der Waals surface area contributed by atoms with E-state index >= 15 is 0 Å². The van der Waals surface area contributed by atoms with E-state index in [4.69, 9.17) is 10.5 Å². The van der Waals surface area contributed by atoms with Gasteiger partial charge in [0, 0.05) is 12.6 Å². The quantitative estimate of drug-likeness (QED) is 0.905. The van der Waals surface area contributed by atoms with Crippen LogP contribution in [-0.2, 0) is 4.79 Å². The van der Waals surface area contributed by atoms with Crippen LogP contribution in [0.15, 0.2) is 18.2 Å². The van der Waals surface area contributed by atoms with E-state index in [1.165, 1.54) is 0 Å². The number of ether oxygens (including phenoxy) is 1. The lowest BCUT2D eigenvalue weighted by atomic mass is 10.0. The molecule has 1 aromatic rings.